The van der Waals surface area contributed by atoms with E-state index in [-0.39, 0.29) is 11.2 Å². The Kier molecular flexibility index (Phi) is 2.67. The van der Waals surface area contributed by atoms with Crippen molar-refractivity contribution < 1.29 is 4.79 Å². The molecule has 1 heterocycles. The summed E-state index contributed by atoms with van der Waals surface area (Å²) in [7, 11) is 0. The molecule has 0 saturated heterocycles. The van der Waals surface area contributed by atoms with Gasteiger partial charge < -0.3 is 5.73 Å². The fraction of sp³-hybridized carbons (Fsp3) is 0.286. The molecule has 3 nitrogen and oxygen atoms in total. The van der Waals surface area contributed by atoms with Gasteiger partial charge in [-0.05, 0) is 30.5 Å². The van der Waals surface area contributed by atoms with Gasteiger partial charge in [0, 0.05) is 17.3 Å². The van der Waals surface area contributed by atoms with Crippen molar-refractivity contribution in [1.82, 2.24) is 4.98 Å². The third kappa shape index (κ3) is 1.93. The van der Waals surface area contributed by atoms with E-state index in [2.05, 4.69) is 4.98 Å². The number of carbonyl (C=O) groups excluding carboxylic acids is 1. The fourth-order valence-electron chi connectivity index (χ4n) is 2.30. The number of anilines is 1. The minimum Gasteiger partial charge on any atom is -0.399 e. The number of Topliss-reactive ketones (excluding diaryl/α,β-unsaturated/α-hetero) is 1. The van der Waals surface area contributed by atoms with Crippen LogP contribution in [0.3, 0.4) is 0 Å². The number of nitrogen functional groups attached to an aromatic ring is 1. The van der Waals surface area contributed by atoms with Crippen molar-refractivity contribution in [2.24, 2.45) is 0 Å². The van der Waals surface area contributed by atoms with Crippen molar-refractivity contribution in [2.75, 3.05) is 5.73 Å². The van der Waals surface area contributed by atoms with Gasteiger partial charge in [0.25, 0.3) is 0 Å². The van der Waals surface area contributed by atoms with Crippen LogP contribution in [0.1, 0.15) is 23.4 Å². The smallest absolute Gasteiger partial charge is 0.150 e. The van der Waals surface area contributed by atoms with Crippen LogP contribution in [0.4, 0.5) is 5.69 Å². The number of aromatic nitrogens is 1. The standard InChI is InChI=1S/C14H14N2OS/c15-11-3-1-10(2-4-11)14(5-6-14)12(17)9-13-16-7-8-18-13/h1-4,7-8H,5-6,9,15H2. The molecule has 0 unspecified atom stereocenters. The zero-order chi connectivity index (χ0) is 12.6. The van der Waals surface area contributed by atoms with E-state index in [1.807, 2.05) is 29.6 Å². The Balaban J connectivity index is 1.82. The largest absolute Gasteiger partial charge is 0.399 e. The number of rotatable bonds is 4. The molecule has 92 valence electrons. The maximum Gasteiger partial charge on any atom is 0.150 e. The predicted octanol–water partition coefficient (Wildman–Crippen LogP) is 2.57. The molecule has 0 bridgehead atoms. The first-order valence-electron chi connectivity index (χ1n) is 5.98. The number of hydrogen-bond donors (Lipinski definition) is 1. The first-order valence-corrected chi connectivity index (χ1v) is 6.86. The van der Waals surface area contributed by atoms with Gasteiger partial charge >= 0.3 is 0 Å². The van der Waals surface area contributed by atoms with Gasteiger partial charge in [-0.3, -0.25) is 4.79 Å². The predicted molar refractivity (Wildman–Crippen MR) is 72.6 cm³/mol. The van der Waals surface area contributed by atoms with Crippen molar-refractivity contribution in [3.63, 3.8) is 0 Å². The first kappa shape index (κ1) is 11.4. The molecule has 2 aromatic rings. The highest BCUT2D eigenvalue weighted by atomic mass is 32.1. The highest BCUT2D eigenvalue weighted by Crippen LogP contribution is 2.49. The molecular weight excluding hydrogens is 244 g/mol. The Hall–Kier alpha value is -1.68. The molecule has 1 aliphatic rings. The Morgan fingerprint density at radius 3 is 2.61 bits per heavy atom. The van der Waals surface area contributed by atoms with Crippen LogP contribution in [0, 0.1) is 0 Å². The number of nitrogens with zero attached hydrogens (tertiary/aromatic N) is 1. The lowest BCUT2D eigenvalue weighted by molar-refractivity contribution is -0.120. The molecule has 1 aromatic carbocycles. The minimum absolute atomic E-state index is 0.265. The minimum atomic E-state index is -0.265. The fourth-order valence-corrected chi connectivity index (χ4v) is 2.92. The lowest BCUT2D eigenvalue weighted by Gasteiger charge is -2.13. The molecule has 1 fully saturated rings. The van der Waals surface area contributed by atoms with E-state index >= 15 is 0 Å². The lowest BCUT2D eigenvalue weighted by atomic mass is 9.89. The first-order chi connectivity index (χ1) is 8.71. The van der Waals surface area contributed by atoms with Crippen LogP contribution >= 0.6 is 11.3 Å². The van der Waals surface area contributed by atoms with E-state index in [1.54, 1.807) is 17.5 Å². The lowest BCUT2D eigenvalue weighted by Crippen LogP contribution is -2.22. The number of nitrogens with two attached hydrogens (primary N) is 1. The maximum absolute atomic E-state index is 12.4. The van der Waals surface area contributed by atoms with Gasteiger partial charge in [0.1, 0.15) is 5.78 Å². The van der Waals surface area contributed by atoms with Crippen molar-refractivity contribution in [3.05, 3.63) is 46.4 Å². The summed E-state index contributed by atoms with van der Waals surface area (Å²) >= 11 is 1.54. The topological polar surface area (TPSA) is 56.0 Å². The summed E-state index contributed by atoms with van der Waals surface area (Å²) in [5.74, 6) is 0.280. The van der Waals surface area contributed by atoms with Crippen LogP contribution in [0.2, 0.25) is 0 Å². The number of benzene rings is 1. The van der Waals surface area contributed by atoms with Crippen LogP contribution in [-0.2, 0) is 16.6 Å². The van der Waals surface area contributed by atoms with Crippen LogP contribution in [0.15, 0.2) is 35.8 Å². The van der Waals surface area contributed by atoms with Gasteiger partial charge in [0.15, 0.2) is 0 Å². The van der Waals surface area contributed by atoms with Gasteiger partial charge in [-0.15, -0.1) is 11.3 Å². The quantitative estimate of drug-likeness (QED) is 0.857. The third-order valence-electron chi connectivity index (χ3n) is 3.54. The summed E-state index contributed by atoms with van der Waals surface area (Å²) in [6, 6.07) is 7.68. The molecule has 4 heteroatoms. The van der Waals surface area contributed by atoms with Gasteiger partial charge in [-0.2, -0.15) is 0 Å². The Labute approximate surface area is 110 Å². The summed E-state index contributed by atoms with van der Waals surface area (Å²) in [5, 5.41) is 2.81. The summed E-state index contributed by atoms with van der Waals surface area (Å²) < 4.78 is 0. The molecule has 0 radical (unpaired) electrons. The molecule has 0 atom stereocenters. The second kappa shape index (κ2) is 4.21. The van der Waals surface area contributed by atoms with Crippen molar-refractivity contribution >= 4 is 22.8 Å². The molecule has 1 aliphatic carbocycles. The van der Waals surface area contributed by atoms with E-state index in [9.17, 15) is 4.79 Å². The van der Waals surface area contributed by atoms with Gasteiger partial charge in [0.05, 0.1) is 16.8 Å². The molecule has 18 heavy (non-hydrogen) atoms. The Morgan fingerprint density at radius 1 is 1.33 bits per heavy atom. The van der Waals surface area contributed by atoms with E-state index < -0.39 is 0 Å². The molecule has 0 amide bonds. The highest BCUT2D eigenvalue weighted by molar-refractivity contribution is 7.09. The maximum atomic E-state index is 12.4. The van der Waals surface area contributed by atoms with Crippen LogP contribution in [-0.4, -0.2) is 10.8 Å². The number of ketones is 1. The molecule has 0 spiro atoms. The molecule has 3 rings (SSSR count). The zero-order valence-corrected chi connectivity index (χ0v) is 10.7. The average molecular weight is 258 g/mol. The molecule has 2 N–H and O–H groups in total. The van der Waals surface area contributed by atoms with Crippen LogP contribution in [0.5, 0.6) is 0 Å². The van der Waals surface area contributed by atoms with E-state index in [0.29, 0.717) is 6.42 Å². The molecule has 1 aromatic heterocycles. The van der Waals surface area contributed by atoms with Gasteiger partial charge in [-0.1, -0.05) is 12.1 Å². The number of carbonyl (C=O) groups is 1. The van der Waals surface area contributed by atoms with Gasteiger partial charge in [-0.25, -0.2) is 4.98 Å². The normalized spacial score (nSPS) is 16.4. The number of hydrogen-bond acceptors (Lipinski definition) is 4. The monoisotopic (exact) mass is 258 g/mol. The van der Waals surface area contributed by atoms with Crippen LogP contribution < -0.4 is 5.73 Å². The van der Waals surface area contributed by atoms with E-state index in [4.69, 9.17) is 5.73 Å². The Bertz CT molecular complexity index is 556. The second-order valence-corrected chi connectivity index (χ2v) is 5.71. The third-order valence-corrected chi connectivity index (χ3v) is 4.32. The van der Waals surface area contributed by atoms with Crippen molar-refractivity contribution in [2.45, 2.75) is 24.7 Å². The summed E-state index contributed by atoms with van der Waals surface area (Å²) in [4.78, 5) is 16.6. The second-order valence-electron chi connectivity index (χ2n) is 4.73. The molecule has 1 saturated carbocycles. The Morgan fingerprint density at radius 2 is 2.06 bits per heavy atom. The van der Waals surface area contributed by atoms with Crippen molar-refractivity contribution in [1.29, 1.82) is 0 Å². The summed E-state index contributed by atoms with van der Waals surface area (Å²) in [6.07, 6.45) is 4.08. The molecule has 0 aliphatic heterocycles. The summed E-state index contributed by atoms with van der Waals surface area (Å²) in [6.45, 7) is 0. The average Bonchev–Trinajstić information content (AvgIpc) is 3.03. The van der Waals surface area contributed by atoms with Crippen molar-refractivity contribution in [3.8, 4) is 0 Å². The SMILES string of the molecule is Nc1ccc(C2(C(=O)Cc3nccs3)CC2)cc1. The number of thiazole rings is 1. The van der Waals surface area contributed by atoms with Gasteiger partial charge in [0.2, 0.25) is 0 Å². The zero-order valence-electron chi connectivity index (χ0n) is 9.93. The van der Waals surface area contributed by atoms with E-state index in [1.165, 1.54) is 0 Å². The van der Waals surface area contributed by atoms with E-state index in [0.717, 1.165) is 29.1 Å². The van der Waals surface area contributed by atoms with Crippen LogP contribution in [0.25, 0.3) is 0 Å². The highest BCUT2D eigenvalue weighted by Gasteiger charge is 2.50. The molecular formula is C14H14N2OS. The summed E-state index contributed by atoms with van der Waals surface area (Å²) in [5.41, 5.74) is 7.25.